The maximum atomic E-state index is 5.66. The molecule has 0 saturated heterocycles. The highest BCUT2D eigenvalue weighted by Gasteiger charge is 1.96. The first-order chi connectivity index (χ1) is 9.28. The van der Waals surface area contributed by atoms with Crippen molar-refractivity contribution in [3.8, 4) is 5.75 Å². The van der Waals surface area contributed by atoms with E-state index in [-0.39, 0.29) is 5.96 Å². The smallest absolute Gasteiger partial charge is 0.208 e. The summed E-state index contributed by atoms with van der Waals surface area (Å²) in [6, 6.07) is 17.3. The molecule has 0 heterocycles. The van der Waals surface area contributed by atoms with Gasteiger partial charge in [-0.15, -0.1) is 0 Å². The van der Waals surface area contributed by atoms with E-state index >= 15 is 0 Å². The first-order valence-electron chi connectivity index (χ1n) is 5.85. The normalized spacial score (nSPS) is 11.1. The maximum Gasteiger partial charge on any atom is 0.208 e. The van der Waals surface area contributed by atoms with Crippen LogP contribution in [0.1, 0.15) is 5.56 Å². The second kappa shape index (κ2) is 6.42. The minimum atomic E-state index is 0.165. The lowest BCUT2D eigenvalue weighted by Crippen LogP contribution is -2.36. The topological polar surface area (TPSA) is 85.7 Å². The predicted molar refractivity (Wildman–Crippen MR) is 75.8 cm³/mol. The van der Waals surface area contributed by atoms with Crippen molar-refractivity contribution < 1.29 is 4.74 Å². The molecule has 5 nitrogen and oxygen atoms in total. The van der Waals surface area contributed by atoms with Gasteiger partial charge in [0, 0.05) is 0 Å². The number of nitrogens with two attached hydrogens (primary N) is 2. The largest absolute Gasteiger partial charge is 0.489 e. The van der Waals surface area contributed by atoms with Crippen molar-refractivity contribution in [3.63, 3.8) is 0 Å². The molecule has 0 aliphatic heterocycles. The van der Waals surface area contributed by atoms with Crippen molar-refractivity contribution in [1.29, 1.82) is 0 Å². The summed E-state index contributed by atoms with van der Waals surface area (Å²) in [4.78, 5) is 4.04. The van der Waals surface area contributed by atoms with Crippen LogP contribution in [0.4, 0.5) is 5.69 Å². The molecule has 0 atom stereocenters. The van der Waals surface area contributed by atoms with Crippen LogP contribution in [0.15, 0.2) is 59.6 Å². The van der Waals surface area contributed by atoms with E-state index in [1.807, 2.05) is 54.6 Å². The van der Waals surface area contributed by atoms with Crippen LogP contribution in [0.2, 0.25) is 0 Å². The Morgan fingerprint density at radius 1 is 1.05 bits per heavy atom. The highest BCUT2D eigenvalue weighted by atomic mass is 16.5. The monoisotopic (exact) mass is 256 g/mol. The molecule has 0 amide bonds. The molecule has 0 saturated carbocycles. The highest BCUT2D eigenvalue weighted by molar-refractivity contribution is 5.80. The maximum absolute atomic E-state index is 5.66. The fraction of sp³-hybridized carbons (Fsp3) is 0.0714. The number of guanidine groups is 1. The van der Waals surface area contributed by atoms with E-state index in [0.717, 1.165) is 11.3 Å². The first-order valence-corrected chi connectivity index (χ1v) is 5.85. The van der Waals surface area contributed by atoms with Crippen LogP contribution >= 0.6 is 0 Å². The molecule has 0 bridgehead atoms. The third kappa shape index (κ3) is 4.01. The lowest BCUT2D eigenvalue weighted by Gasteiger charge is -2.06. The molecule has 0 unspecified atom stereocenters. The van der Waals surface area contributed by atoms with Crippen molar-refractivity contribution in [2.24, 2.45) is 16.6 Å². The Morgan fingerprint density at radius 3 is 2.37 bits per heavy atom. The number of hydrogen-bond acceptors (Lipinski definition) is 3. The molecule has 2 rings (SSSR count). The van der Waals surface area contributed by atoms with Gasteiger partial charge in [0.15, 0.2) is 0 Å². The van der Waals surface area contributed by atoms with Crippen LogP contribution in [0, 0.1) is 0 Å². The standard InChI is InChI=1S/C14H16N4O/c15-14(18-16)17-12-6-8-13(9-7-12)19-10-11-4-2-1-3-5-11/h1-9H,10,16H2,(H3,15,17,18). The SMILES string of the molecule is NNC(N)=Nc1ccc(OCc2ccccc2)cc1. The Kier molecular flexibility index (Phi) is 4.36. The number of nitrogens with one attached hydrogen (secondary N) is 1. The van der Waals surface area contributed by atoms with Crippen molar-refractivity contribution in [2.45, 2.75) is 6.61 Å². The number of nitrogens with zero attached hydrogens (tertiary/aromatic N) is 1. The molecule has 98 valence electrons. The third-order valence-corrected chi connectivity index (χ3v) is 2.48. The molecule has 5 N–H and O–H groups in total. The quantitative estimate of drug-likeness (QED) is 0.336. The summed E-state index contributed by atoms with van der Waals surface area (Å²) in [7, 11) is 0. The summed E-state index contributed by atoms with van der Waals surface area (Å²) in [5, 5.41) is 0. The van der Waals surface area contributed by atoms with E-state index in [0.29, 0.717) is 12.3 Å². The molecule has 0 radical (unpaired) electrons. The first kappa shape index (κ1) is 12.9. The summed E-state index contributed by atoms with van der Waals surface area (Å²) >= 11 is 0. The van der Waals surface area contributed by atoms with Gasteiger partial charge in [-0.3, -0.25) is 5.43 Å². The van der Waals surface area contributed by atoms with Gasteiger partial charge in [-0.25, -0.2) is 10.8 Å². The number of rotatable bonds is 4. The Labute approximate surface area is 111 Å². The van der Waals surface area contributed by atoms with Gasteiger partial charge in [0.1, 0.15) is 12.4 Å². The van der Waals surface area contributed by atoms with Gasteiger partial charge in [-0.1, -0.05) is 30.3 Å². The molecule has 0 spiro atoms. The molecule has 0 aliphatic rings. The molecule has 5 heteroatoms. The van der Waals surface area contributed by atoms with Gasteiger partial charge in [-0.05, 0) is 29.8 Å². The van der Waals surface area contributed by atoms with Crippen LogP contribution in [0.25, 0.3) is 0 Å². The van der Waals surface area contributed by atoms with Gasteiger partial charge in [0.05, 0.1) is 5.69 Å². The number of hydrazine groups is 1. The Morgan fingerprint density at radius 2 is 1.74 bits per heavy atom. The Bertz CT molecular complexity index is 537. The lowest BCUT2D eigenvalue weighted by atomic mass is 10.2. The second-order valence-electron chi connectivity index (χ2n) is 3.91. The number of ether oxygens (including phenoxy) is 1. The second-order valence-corrected chi connectivity index (χ2v) is 3.91. The van der Waals surface area contributed by atoms with Gasteiger partial charge in [-0.2, -0.15) is 0 Å². The molecule has 0 fully saturated rings. The van der Waals surface area contributed by atoms with Gasteiger partial charge >= 0.3 is 0 Å². The van der Waals surface area contributed by atoms with Gasteiger partial charge in [0.25, 0.3) is 0 Å². The van der Waals surface area contributed by atoms with Crippen LogP contribution < -0.4 is 21.7 Å². The fourth-order valence-electron chi connectivity index (χ4n) is 1.53. The van der Waals surface area contributed by atoms with Crippen LogP contribution in [-0.4, -0.2) is 5.96 Å². The number of hydrogen-bond donors (Lipinski definition) is 3. The Balaban J connectivity index is 1.96. The van der Waals surface area contributed by atoms with Crippen molar-refractivity contribution in [1.82, 2.24) is 5.43 Å². The zero-order chi connectivity index (χ0) is 13.5. The average Bonchev–Trinajstić information content (AvgIpc) is 2.47. The fourth-order valence-corrected chi connectivity index (χ4v) is 1.53. The number of benzene rings is 2. The molecular formula is C14H16N4O. The zero-order valence-corrected chi connectivity index (χ0v) is 10.4. The van der Waals surface area contributed by atoms with Crippen molar-refractivity contribution >= 4 is 11.6 Å². The molecular weight excluding hydrogens is 240 g/mol. The van der Waals surface area contributed by atoms with Gasteiger partial charge < -0.3 is 10.5 Å². The van der Waals surface area contributed by atoms with Crippen LogP contribution in [0.5, 0.6) is 5.75 Å². The van der Waals surface area contributed by atoms with E-state index in [2.05, 4.69) is 10.4 Å². The van der Waals surface area contributed by atoms with Crippen molar-refractivity contribution in [3.05, 3.63) is 60.2 Å². The van der Waals surface area contributed by atoms with E-state index in [1.165, 1.54) is 0 Å². The molecule has 0 aliphatic carbocycles. The molecule has 2 aromatic rings. The van der Waals surface area contributed by atoms with Crippen LogP contribution in [-0.2, 0) is 6.61 Å². The minimum absolute atomic E-state index is 0.165. The summed E-state index contributed by atoms with van der Waals surface area (Å²) < 4.78 is 5.66. The van der Waals surface area contributed by atoms with Crippen LogP contribution in [0.3, 0.4) is 0 Å². The summed E-state index contributed by atoms with van der Waals surface area (Å²) in [6.07, 6.45) is 0. The summed E-state index contributed by atoms with van der Waals surface area (Å²) in [6.45, 7) is 0.538. The molecule has 2 aromatic carbocycles. The highest BCUT2D eigenvalue weighted by Crippen LogP contribution is 2.18. The van der Waals surface area contributed by atoms with Gasteiger partial charge in [0.2, 0.25) is 5.96 Å². The predicted octanol–water partition coefficient (Wildman–Crippen LogP) is 1.68. The molecule has 0 aromatic heterocycles. The van der Waals surface area contributed by atoms with Crippen molar-refractivity contribution in [2.75, 3.05) is 0 Å². The lowest BCUT2D eigenvalue weighted by molar-refractivity contribution is 0.306. The molecule has 19 heavy (non-hydrogen) atoms. The minimum Gasteiger partial charge on any atom is -0.489 e. The van der Waals surface area contributed by atoms with E-state index in [1.54, 1.807) is 0 Å². The summed E-state index contributed by atoms with van der Waals surface area (Å²) in [5.41, 5.74) is 9.57. The summed E-state index contributed by atoms with van der Waals surface area (Å²) in [5.74, 6) is 6.08. The van der Waals surface area contributed by atoms with E-state index in [9.17, 15) is 0 Å². The Hall–Kier alpha value is -2.53. The third-order valence-electron chi connectivity index (χ3n) is 2.48. The zero-order valence-electron chi connectivity index (χ0n) is 10.4. The average molecular weight is 256 g/mol. The number of aliphatic imine (C=N–C) groups is 1. The van der Waals surface area contributed by atoms with E-state index < -0.39 is 0 Å². The van der Waals surface area contributed by atoms with E-state index in [4.69, 9.17) is 16.3 Å².